The van der Waals surface area contributed by atoms with Crippen molar-refractivity contribution < 1.29 is 19.5 Å². The summed E-state index contributed by atoms with van der Waals surface area (Å²) in [5, 5.41) is 17.4. The zero-order valence-electron chi connectivity index (χ0n) is 11.4. The average molecular weight is 283 g/mol. The zero-order chi connectivity index (χ0) is 14.5. The second-order valence-corrected chi connectivity index (χ2v) is 5.35. The fourth-order valence-electron chi connectivity index (χ4n) is 2.72. The van der Waals surface area contributed by atoms with Crippen LogP contribution in [-0.2, 0) is 14.4 Å². The van der Waals surface area contributed by atoms with E-state index in [4.69, 9.17) is 5.11 Å². The van der Waals surface area contributed by atoms with E-state index in [1.807, 2.05) is 0 Å². The van der Waals surface area contributed by atoms with Crippen LogP contribution in [0.1, 0.15) is 25.7 Å². The molecule has 2 aliphatic heterocycles. The van der Waals surface area contributed by atoms with E-state index in [1.165, 1.54) is 0 Å². The summed E-state index contributed by atoms with van der Waals surface area (Å²) < 4.78 is 0. The lowest BCUT2D eigenvalue weighted by molar-refractivity contribution is -0.131. The smallest absolute Gasteiger partial charge is 0.237 e. The van der Waals surface area contributed by atoms with Crippen LogP contribution in [0.15, 0.2) is 0 Å². The van der Waals surface area contributed by atoms with Crippen LogP contribution in [0.5, 0.6) is 0 Å². The number of aliphatic hydroxyl groups is 1. The first kappa shape index (κ1) is 14.9. The van der Waals surface area contributed by atoms with Gasteiger partial charge in [-0.05, 0) is 32.2 Å². The number of carbonyl (C=O) groups excluding carboxylic acids is 3. The maximum Gasteiger partial charge on any atom is 0.237 e. The van der Waals surface area contributed by atoms with Crippen molar-refractivity contribution in [2.75, 3.05) is 19.7 Å². The first-order valence-electron chi connectivity index (χ1n) is 7.07. The van der Waals surface area contributed by atoms with E-state index in [9.17, 15) is 14.4 Å². The van der Waals surface area contributed by atoms with Crippen LogP contribution in [0.4, 0.5) is 0 Å². The van der Waals surface area contributed by atoms with E-state index in [2.05, 4.69) is 16.0 Å². The molecule has 2 aliphatic rings. The molecule has 0 unspecified atom stereocenters. The number of ketones is 1. The van der Waals surface area contributed by atoms with Crippen LogP contribution in [0.25, 0.3) is 0 Å². The fourth-order valence-corrected chi connectivity index (χ4v) is 2.72. The van der Waals surface area contributed by atoms with Gasteiger partial charge in [0.1, 0.15) is 6.61 Å². The van der Waals surface area contributed by atoms with Gasteiger partial charge in [0.25, 0.3) is 0 Å². The Kier molecular flexibility index (Phi) is 5.08. The molecule has 112 valence electrons. The summed E-state index contributed by atoms with van der Waals surface area (Å²) >= 11 is 0. The Morgan fingerprint density at radius 1 is 1.35 bits per heavy atom. The maximum absolute atomic E-state index is 12.0. The molecule has 7 nitrogen and oxygen atoms in total. The maximum atomic E-state index is 12.0. The molecule has 2 heterocycles. The molecule has 7 heteroatoms. The van der Waals surface area contributed by atoms with Crippen LogP contribution >= 0.6 is 0 Å². The second-order valence-electron chi connectivity index (χ2n) is 5.35. The minimum Gasteiger partial charge on any atom is -0.389 e. The highest BCUT2D eigenvalue weighted by Crippen LogP contribution is 2.17. The van der Waals surface area contributed by atoms with Crippen LogP contribution in [0.3, 0.4) is 0 Å². The van der Waals surface area contributed by atoms with Gasteiger partial charge in [0.15, 0.2) is 5.78 Å². The minimum atomic E-state index is -0.788. The fraction of sp³-hybridized carbons (Fsp3) is 0.769. The minimum absolute atomic E-state index is 0.0889. The summed E-state index contributed by atoms with van der Waals surface area (Å²) in [6.07, 6.45) is 2.59. The number of amides is 2. The van der Waals surface area contributed by atoms with Crippen LogP contribution in [0, 0.1) is 5.92 Å². The summed E-state index contributed by atoms with van der Waals surface area (Å²) in [6, 6.07) is -1.06. The number of hydrogen-bond donors (Lipinski definition) is 4. The molecular weight excluding hydrogens is 262 g/mol. The van der Waals surface area contributed by atoms with Crippen LogP contribution in [-0.4, -0.2) is 54.5 Å². The quantitative estimate of drug-likeness (QED) is 0.465. The van der Waals surface area contributed by atoms with Crippen LogP contribution in [0.2, 0.25) is 0 Å². The molecule has 2 rings (SSSR count). The third kappa shape index (κ3) is 3.55. The SMILES string of the molecule is O=C1NCC[C@H]1C[C@H](NC(=O)[C@@H]1CCCN1)C(=O)CO. The van der Waals surface area contributed by atoms with Gasteiger partial charge in [-0.1, -0.05) is 0 Å². The molecule has 0 saturated carbocycles. The Morgan fingerprint density at radius 3 is 2.70 bits per heavy atom. The summed E-state index contributed by atoms with van der Waals surface area (Å²) in [5.74, 6) is -1.04. The standard InChI is InChI=1S/C13H21N3O4/c17-7-11(18)10(6-8-3-5-15-12(8)19)16-13(20)9-2-1-4-14-9/h8-10,14,17H,1-7H2,(H,15,19)(H,16,20)/t8-,9-,10-/m0/s1. The molecule has 0 aromatic heterocycles. The molecule has 4 N–H and O–H groups in total. The lowest BCUT2D eigenvalue weighted by Gasteiger charge is -2.21. The van der Waals surface area contributed by atoms with Crippen molar-refractivity contribution in [3.63, 3.8) is 0 Å². The first-order valence-corrected chi connectivity index (χ1v) is 7.07. The Bertz CT molecular complexity index is 393. The third-order valence-electron chi connectivity index (χ3n) is 3.92. The highest BCUT2D eigenvalue weighted by Gasteiger charge is 2.32. The number of hydrogen-bond acceptors (Lipinski definition) is 5. The topological polar surface area (TPSA) is 108 Å². The van der Waals surface area contributed by atoms with Gasteiger partial charge in [0, 0.05) is 12.5 Å². The zero-order valence-corrected chi connectivity index (χ0v) is 11.4. The molecule has 20 heavy (non-hydrogen) atoms. The molecular formula is C13H21N3O4. The Labute approximate surface area is 117 Å². The van der Waals surface area contributed by atoms with Gasteiger partial charge >= 0.3 is 0 Å². The van der Waals surface area contributed by atoms with Crippen molar-refractivity contribution in [1.82, 2.24) is 16.0 Å². The molecule has 0 bridgehead atoms. The van der Waals surface area contributed by atoms with Crippen molar-refractivity contribution in [2.24, 2.45) is 5.92 Å². The van der Waals surface area contributed by atoms with Crippen LogP contribution < -0.4 is 16.0 Å². The molecule has 2 amide bonds. The van der Waals surface area contributed by atoms with E-state index in [0.29, 0.717) is 13.0 Å². The van der Waals surface area contributed by atoms with Crippen molar-refractivity contribution >= 4 is 17.6 Å². The first-order chi connectivity index (χ1) is 9.61. The van der Waals surface area contributed by atoms with E-state index in [1.54, 1.807) is 0 Å². The number of rotatable bonds is 6. The molecule has 2 fully saturated rings. The number of Topliss-reactive ketones (excluding diaryl/α,β-unsaturated/α-hetero) is 1. The number of aliphatic hydroxyl groups excluding tert-OH is 1. The summed E-state index contributed by atoms with van der Waals surface area (Å²) in [5.41, 5.74) is 0. The molecule has 0 aliphatic carbocycles. The van der Waals surface area contributed by atoms with Crippen molar-refractivity contribution in [1.29, 1.82) is 0 Å². The van der Waals surface area contributed by atoms with Gasteiger partial charge in [0.2, 0.25) is 11.8 Å². The highest BCUT2D eigenvalue weighted by atomic mass is 16.3. The number of carbonyl (C=O) groups is 3. The second kappa shape index (κ2) is 6.81. The van der Waals surface area contributed by atoms with Gasteiger partial charge in [-0.15, -0.1) is 0 Å². The summed E-state index contributed by atoms with van der Waals surface area (Å²) in [6.45, 7) is 0.765. The average Bonchev–Trinajstić information content (AvgIpc) is 3.09. The monoisotopic (exact) mass is 283 g/mol. The molecule has 0 aromatic rings. The lowest BCUT2D eigenvalue weighted by atomic mass is 9.95. The molecule has 0 radical (unpaired) electrons. The van der Waals surface area contributed by atoms with E-state index < -0.39 is 18.4 Å². The molecule has 0 spiro atoms. The van der Waals surface area contributed by atoms with Gasteiger partial charge in [-0.25, -0.2) is 0 Å². The Morgan fingerprint density at radius 2 is 2.15 bits per heavy atom. The largest absolute Gasteiger partial charge is 0.389 e. The van der Waals surface area contributed by atoms with E-state index in [0.717, 1.165) is 19.4 Å². The van der Waals surface area contributed by atoms with Gasteiger partial charge < -0.3 is 21.1 Å². The number of nitrogens with one attached hydrogen (secondary N) is 3. The normalized spacial score (nSPS) is 27.1. The van der Waals surface area contributed by atoms with Gasteiger partial charge in [-0.3, -0.25) is 14.4 Å². The van der Waals surface area contributed by atoms with Gasteiger partial charge in [0.05, 0.1) is 12.1 Å². The van der Waals surface area contributed by atoms with E-state index in [-0.39, 0.29) is 30.2 Å². The third-order valence-corrected chi connectivity index (χ3v) is 3.92. The molecule has 0 aromatic carbocycles. The predicted octanol–water partition coefficient (Wildman–Crippen LogP) is -1.69. The van der Waals surface area contributed by atoms with Crippen molar-refractivity contribution in [2.45, 2.75) is 37.8 Å². The lowest BCUT2D eigenvalue weighted by Crippen LogP contribution is -2.49. The Balaban J connectivity index is 1.94. The van der Waals surface area contributed by atoms with E-state index >= 15 is 0 Å². The van der Waals surface area contributed by atoms with Crippen molar-refractivity contribution in [3.8, 4) is 0 Å². The summed E-state index contributed by atoms with van der Waals surface area (Å²) in [4.78, 5) is 35.3. The van der Waals surface area contributed by atoms with Gasteiger partial charge in [-0.2, -0.15) is 0 Å². The summed E-state index contributed by atoms with van der Waals surface area (Å²) in [7, 11) is 0. The van der Waals surface area contributed by atoms with Crippen molar-refractivity contribution in [3.05, 3.63) is 0 Å². The predicted molar refractivity (Wildman–Crippen MR) is 70.8 cm³/mol. The molecule has 2 saturated heterocycles. The highest BCUT2D eigenvalue weighted by molar-refractivity contribution is 5.92. The molecule has 3 atom stereocenters. The Hall–Kier alpha value is -1.47.